The number of likely N-dealkylation sites (N-methyl/N-ethyl adjacent to an activating group) is 1. The van der Waals surface area contributed by atoms with Crippen LogP contribution in [0.25, 0.3) is 0 Å². The Morgan fingerprint density at radius 2 is 1.96 bits per heavy atom. The van der Waals surface area contributed by atoms with Crippen molar-refractivity contribution >= 4 is 29.9 Å². The van der Waals surface area contributed by atoms with Crippen LogP contribution in [0.3, 0.4) is 0 Å². The van der Waals surface area contributed by atoms with Crippen LogP contribution in [0.2, 0.25) is 0 Å². The third-order valence-electron chi connectivity index (χ3n) is 3.67. The highest BCUT2D eigenvalue weighted by Crippen LogP contribution is 2.17. The van der Waals surface area contributed by atoms with Crippen molar-refractivity contribution in [1.82, 2.24) is 15.5 Å². The number of nitrogens with zero attached hydrogens (tertiary/aromatic N) is 2. The Morgan fingerprint density at radius 1 is 1.20 bits per heavy atom. The Kier molecular flexibility index (Phi) is 9.51. The fourth-order valence-electron chi connectivity index (χ4n) is 2.34. The van der Waals surface area contributed by atoms with Gasteiger partial charge in [-0.15, -0.1) is 24.0 Å². The minimum absolute atomic E-state index is 0. The highest BCUT2D eigenvalue weighted by Gasteiger charge is 2.17. The molecule has 0 fully saturated rings. The van der Waals surface area contributed by atoms with Crippen molar-refractivity contribution in [3.63, 3.8) is 0 Å². The van der Waals surface area contributed by atoms with Crippen molar-refractivity contribution in [2.24, 2.45) is 4.99 Å². The Hall–Kier alpha value is -1.61. The van der Waals surface area contributed by atoms with E-state index >= 15 is 0 Å². The monoisotopic (exact) mass is 460 g/mol. The predicted molar refractivity (Wildman–Crippen MR) is 110 cm³/mol. The summed E-state index contributed by atoms with van der Waals surface area (Å²) in [6, 6.07) is 10.6. The van der Waals surface area contributed by atoms with E-state index in [0.717, 1.165) is 12.3 Å². The maximum Gasteiger partial charge on any atom is 0.191 e. The molecule has 25 heavy (non-hydrogen) atoms. The molecule has 2 N–H and O–H groups in total. The van der Waals surface area contributed by atoms with Crippen LogP contribution in [-0.2, 0) is 6.54 Å². The molecule has 0 radical (unpaired) electrons. The minimum Gasteiger partial charge on any atom is -0.468 e. The number of halogens is 2. The number of guanidine groups is 1. The van der Waals surface area contributed by atoms with Gasteiger partial charge in [0.2, 0.25) is 0 Å². The first kappa shape index (κ1) is 21.4. The average molecular weight is 460 g/mol. The van der Waals surface area contributed by atoms with E-state index in [2.05, 4.69) is 20.5 Å². The fourth-order valence-corrected chi connectivity index (χ4v) is 2.34. The molecule has 1 unspecified atom stereocenters. The Labute approximate surface area is 165 Å². The topological polar surface area (TPSA) is 52.8 Å². The van der Waals surface area contributed by atoms with Gasteiger partial charge in [0.1, 0.15) is 11.6 Å². The molecule has 1 aromatic heterocycles. The van der Waals surface area contributed by atoms with Crippen molar-refractivity contribution in [1.29, 1.82) is 0 Å². The second-order valence-corrected chi connectivity index (χ2v) is 5.66. The molecule has 0 saturated heterocycles. The van der Waals surface area contributed by atoms with Gasteiger partial charge in [0.15, 0.2) is 5.96 Å². The van der Waals surface area contributed by atoms with Gasteiger partial charge in [0.25, 0.3) is 0 Å². The van der Waals surface area contributed by atoms with Crippen molar-refractivity contribution in [3.8, 4) is 0 Å². The molecule has 2 rings (SSSR count). The van der Waals surface area contributed by atoms with Crippen LogP contribution in [0.1, 0.15) is 24.3 Å². The molecule has 2 aromatic rings. The van der Waals surface area contributed by atoms with Crippen LogP contribution in [0.5, 0.6) is 0 Å². The van der Waals surface area contributed by atoms with Crippen LogP contribution >= 0.6 is 24.0 Å². The van der Waals surface area contributed by atoms with Gasteiger partial charge in [-0.25, -0.2) is 9.38 Å². The number of hydrogen-bond donors (Lipinski definition) is 2. The molecular weight excluding hydrogens is 434 g/mol. The van der Waals surface area contributed by atoms with Crippen molar-refractivity contribution < 1.29 is 8.81 Å². The first-order valence-electron chi connectivity index (χ1n) is 8.07. The van der Waals surface area contributed by atoms with Gasteiger partial charge in [-0.1, -0.05) is 18.2 Å². The number of furan rings is 1. The van der Waals surface area contributed by atoms with Crippen molar-refractivity contribution in [3.05, 3.63) is 59.8 Å². The standard InChI is InChI=1S/C18H25FN4O.HI/c1-4-20-18(21-12-14-8-5-6-9-15(14)19)22-13-16(23(2)3)17-10-7-11-24-17;/h5-11,16H,4,12-13H2,1-3H3,(H2,20,21,22);1H. The summed E-state index contributed by atoms with van der Waals surface area (Å²) in [5.41, 5.74) is 0.574. The Bertz CT molecular complexity index is 646. The van der Waals surface area contributed by atoms with Crippen LogP contribution < -0.4 is 10.6 Å². The molecular formula is C18H26FIN4O. The van der Waals surface area contributed by atoms with E-state index in [9.17, 15) is 4.39 Å². The molecule has 0 aliphatic carbocycles. The quantitative estimate of drug-likeness (QED) is 0.378. The van der Waals surface area contributed by atoms with Crippen LogP contribution in [0.15, 0.2) is 52.1 Å². The SMILES string of the molecule is CCNC(=NCc1ccccc1F)NCC(c1ccco1)N(C)C.I. The molecule has 138 valence electrons. The lowest BCUT2D eigenvalue weighted by Gasteiger charge is -2.23. The molecule has 1 atom stereocenters. The fraction of sp³-hybridized carbons (Fsp3) is 0.389. The van der Waals surface area contributed by atoms with E-state index in [1.807, 2.05) is 39.2 Å². The highest BCUT2D eigenvalue weighted by molar-refractivity contribution is 14.0. The third-order valence-corrected chi connectivity index (χ3v) is 3.67. The van der Waals surface area contributed by atoms with E-state index in [4.69, 9.17) is 4.42 Å². The van der Waals surface area contributed by atoms with Gasteiger partial charge >= 0.3 is 0 Å². The lowest BCUT2D eigenvalue weighted by Crippen LogP contribution is -2.41. The molecule has 1 heterocycles. The van der Waals surface area contributed by atoms with Crippen molar-refractivity contribution in [2.45, 2.75) is 19.5 Å². The number of benzene rings is 1. The Morgan fingerprint density at radius 3 is 2.56 bits per heavy atom. The number of nitrogens with one attached hydrogen (secondary N) is 2. The maximum absolute atomic E-state index is 13.7. The molecule has 1 aromatic carbocycles. The summed E-state index contributed by atoms with van der Waals surface area (Å²) in [4.78, 5) is 6.54. The minimum atomic E-state index is -0.237. The number of aliphatic imine (C=N–C) groups is 1. The first-order valence-corrected chi connectivity index (χ1v) is 8.07. The molecule has 0 spiro atoms. The predicted octanol–water partition coefficient (Wildman–Crippen LogP) is 3.39. The summed E-state index contributed by atoms with van der Waals surface area (Å²) in [6.45, 7) is 3.64. The van der Waals surface area contributed by atoms with Gasteiger partial charge in [-0.3, -0.25) is 4.90 Å². The van der Waals surface area contributed by atoms with Crippen LogP contribution in [0, 0.1) is 5.82 Å². The van der Waals surface area contributed by atoms with E-state index in [-0.39, 0.29) is 42.4 Å². The summed E-state index contributed by atoms with van der Waals surface area (Å²) in [6.07, 6.45) is 1.67. The highest BCUT2D eigenvalue weighted by atomic mass is 127. The largest absolute Gasteiger partial charge is 0.468 e. The molecule has 5 nitrogen and oxygen atoms in total. The molecule has 0 aliphatic heterocycles. The molecule has 0 aliphatic rings. The Balaban J connectivity index is 0.00000312. The summed E-state index contributed by atoms with van der Waals surface area (Å²) in [5, 5.41) is 6.47. The zero-order valence-electron chi connectivity index (χ0n) is 14.8. The molecule has 7 heteroatoms. The molecule has 0 saturated carbocycles. The smallest absolute Gasteiger partial charge is 0.191 e. The zero-order valence-corrected chi connectivity index (χ0v) is 17.2. The van der Waals surface area contributed by atoms with Gasteiger partial charge in [-0.2, -0.15) is 0 Å². The maximum atomic E-state index is 13.7. The number of rotatable bonds is 7. The van der Waals surface area contributed by atoms with E-state index in [1.165, 1.54) is 6.07 Å². The summed E-state index contributed by atoms with van der Waals surface area (Å²) >= 11 is 0. The lowest BCUT2D eigenvalue weighted by molar-refractivity contribution is 0.258. The van der Waals surface area contributed by atoms with E-state index < -0.39 is 0 Å². The number of hydrogen-bond acceptors (Lipinski definition) is 3. The van der Waals surface area contributed by atoms with Gasteiger partial charge in [-0.05, 0) is 39.2 Å². The second-order valence-electron chi connectivity index (χ2n) is 5.66. The van der Waals surface area contributed by atoms with Crippen LogP contribution in [-0.4, -0.2) is 38.0 Å². The second kappa shape index (κ2) is 11.1. The van der Waals surface area contributed by atoms with Crippen molar-refractivity contribution in [2.75, 3.05) is 27.2 Å². The average Bonchev–Trinajstić information content (AvgIpc) is 3.08. The van der Waals surface area contributed by atoms with Gasteiger partial charge in [0, 0.05) is 18.7 Å². The molecule has 0 amide bonds. The van der Waals surface area contributed by atoms with Gasteiger partial charge < -0.3 is 15.1 Å². The normalized spacial score (nSPS) is 12.6. The third kappa shape index (κ3) is 6.66. The van der Waals surface area contributed by atoms with E-state index in [1.54, 1.807) is 18.4 Å². The lowest BCUT2D eigenvalue weighted by atomic mass is 10.2. The van der Waals surface area contributed by atoms with E-state index in [0.29, 0.717) is 18.1 Å². The first-order chi connectivity index (χ1) is 11.6. The molecule has 0 bridgehead atoms. The summed E-state index contributed by atoms with van der Waals surface area (Å²) in [5.74, 6) is 1.30. The summed E-state index contributed by atoms with van der Waals surface area (Å²) < 4.78 is 19.2. The van der Waals surface area contributed by atoms with Gasteiger partial charge in [0.05, 0.1) is 18.8 Å². The van der Waals surface area contributed by atoms with Crippen LogP contribution in [0.4, 0.5) is 4.39 Å². The summed E-state index contributed by atoms with van der Waals surface area (Å²) in [7, 11) is 4.00. The zero-order chi connectivity index (χ0) is 17.4.